The summed E-state index contributed by atoms with van der Waals surface area (Å²) >= 11 is 0. The van der Waals surface area contributed by atoms with E-state index in [9.17, 15) is 18.4 Å². The molecule has 0 spiro atoms. The number of hydrogen-bond acceptors (Lipinski definition) is 4. The van der Waals surface area contributed by atoms with Crippen molar-refractivity contribution in [2.75, 3.05) is 24.9 Å². The second-order valence-electron chi connectivity index (χ2n) is 6.18. The van der Waals surface area contributed by atoms with E-state index in [2.05, 4.69) is 10.6 Å². The number of rotatable bonds is 6. The van der Waals surface area contributed by atoms with Crippen molar-refractivity contribution in [3.05, 3.63) is 83.4 Å². The van der Waals surface area contributed by atoms with Gasteiger partial charge in [-0.15, -0.1) is 0 Å². The zero-order chi connectivity index (χ0) is 21.7. The average molecular weight is 412 g/mol. The van der Waals surface area contributed by atoms with Crippen LogP contribution in [0.25, 0.3) is 0 Å². The molecule has 0 atom stereocenters. The van der Waals surface area contributed by atoms with Crippen molar-refractivity contribution in [2.45, 2.75) is 0 Å². The minimum atomic E-state index is -0.664. The van der Waals surface area contributed by atoms with Crippen molar-refractivity contribution < 1.29 is 27.8 Å². The van der Waals surface area contributed by atoms with E-state index in [1.165, 1.54) is 50.6 Å². The quantitative estimate of drug-likeness (QED) is 0.626. The monoisotopic (exact) mass is 412 g/mol. The van der Waals surface area contributed by atoms with Crippen molar-refractivity contribution in [1.29, 1.82) is 0 Å². The molecule has 3 aromatic rings. The van der Waals surface area contributed by atoms with Gasteiger partial charge in [-0.2, -0.15) is 0 Å². The van der Waals surface area contributed by atoms with Gasteiger partial charge in [-0.25, -0.2) is 8.78 Å². The van der Waals surface area contributed by atoms with Crippen LogP contribution >= 0.6 is 0 Å². The first-order chi connectivity index (χ1) is 14.4. The fourth-order valence-corrected chi connectivity index (χ4v) is 2.72. The maximum atomic E-state index is 13.8. The highest BCUT2D eigenvalue weighted by Gasteiger charge is 2.14. The molecule has 0 heterocycles. The summed E-state index contributed by atoms with van der Waals surface area (Å²) in [5, 5.41) is 5.25. The van der Waals surface area contributed by atoms with Crippen LogP contribution in [0.2, 0.25) is 0 Å². The number of carbonyl (C=O) groups is 2. The van der Waals surface area contributed by atoms with Crippen molar-refractivity contribution in [3.8, 4) is 11.5 Å². The molecule has 0 saturated carbocycles. The molecular weight excluding hydrogens is 394 g/mol. The van der Waals surface area contributed by atoms with E-state index in [0.717, 1.165) is 12.1 Å². The number of ether oxygens (including phenoxy) is 2. The van der Waals surface area contributed by atoms with Gasteiger partial charge in [-0.05, 0) is 54.6 Å². The Kier molecular flexibility index (Phi) is 6.26. The zero-order valence-electron chi connectivity index (χ0n) is 16.2. The minimum Gasteiger partial charge on any atom is -0.495 e. The molecule has 0 aliphatic carbocycles. The summed E-state index contributed by atoms with van der Waals surface area (Å²) in [6.45, 7) is 0. The van der Waals surface area contributed by atoms with Gasteiger partial charge in [0.25, 0.3) is 11.8 Å². The van der Waals surface area contributed by atoms with Crippen LogP contribution in [-0.2, 0) is 0 Å². The van der Waals surface area contributed by atoms with Gasteiger partial charge >= 0.3 is 0 Å². The molecule has 0 fully saturated rings. The highest BCUT2D eigenvalue weighted by Crippen LogP contribution is 2.29. The lowest BCUT2D eigenvalue weighted by atomic mass is 10.1. The highest BCUT2D eigenvalue weighted by atomic mass is 19.1. The topological polar surface area (TPSA) is 76.7 Å². The maximum Gasteiger partial charge on any atom is 0.255 e. The Morgan fingerprint density at radius 2 is 1.43 bits per heavy atom. The second-order valence-corrected chi connectivity index (χ2v) is 6.18. The molecule has 2 amide bonds. The van der Waals surface area contributed by atoms with Gasteiger partial charge in [-0.3, -0.25) is 9.59 Å². The van der Waals surface area contributed by atoms with Crippen molar-refractivity contribution in [3.63, 3.8) is 0 Å². The lowest BCUT2D eigenvalue weighted by molar-refractivity contribution is 0.101. The summed E-state index contributed by atoms with van der Waals surface area (Å²) in [5.41, 5.74) is 0.826. The van der Waals surface area contributed by atoms with Crippen LogP contribution in [0.15, 0.2) is 60.7 Å². The van der Waals surface area contributed by atoms with Crippen LogP contribution in [-0.4, -0.2) is 26.0 Å². The molecule has 3 rings (SSSR count). The molecule has 0 aliphatic rings. The Balaban J connectivity index is 1.81. The molecule has 0 aromatic heterocycles. The molecule has 8 heteroatoms. The lowest BCUT2D eigenvalue weighted by Gasteiger charge is -2.13. The van der Waals surface area contributed by atoms with Gasteiger partial charge in [0, 0.05) is 16.8 Å². The molecule has 0 aliphatic heterocycles. The third-order valence-electron chi connectivity index (χ3n) is 4.21. The van der Waals surface area contributed by atoms with E-state index in [-0.39, 0.29) is 22.6 Å². The van der Waals surface area contributed by atoms with Crippen LogP contribution in [0.3, 0.4) is 0 Å². The first kappa shape index (κ1) is 20.8. The predicted molar refractivity (Wildman–Crippen MR) is 108 cm³/mol. The second kappa shape index (κ2) is 9.04. The van der Waals surface area contributed by atoms with Crippen LogP contribution in [0.4, 0.5) is 20.2 Å². The number of hydrogen-bond donors (Lipinski definition) is 2. The van der Waals surface area contributed by atoms with E-state index < -0.39 is 23.4 Å². The Bertz CT molecular complexity index is 1100. The SMILES string of the molecule is COc1ccc(C(=O)Nc2ccc(OC)c(NC(=O)c3cccc(F)c3)c2)cc1F. The molecule has 0 bridgehead atoms. The van der Waals surface area contributed by atoms with E-state index in [1.807, 2.05) is 0 Å². The Morgan fingerprint density at radius 3 is 2.10 bits per heavy atom. The molecule has 154 valence electrons. The van der Waals surface area contributed by atoms with Gasteiger partial charge in [0.05, 0.1) is 19.9 Å². The Labute approximate surface area is 171 Å². The van der Waals surface area contributed by atoms with Crippen LogP contribution in [0, 0.1) is 11.6 Å². The third kappa shape index (κ3) is 4.72. The predicted octanol–water partition coefficient (Wildman–Crippen LogP) is 4.49. The maximum absolute atomic E-state index is 13.8. The number of halogens is 2. The Hall–Kier alpha value is -3.94. The fraction of sp³-hybridized carbons (Fsp3) is 0.0909. The summed E-state index contributed by atoms with van der Waals surface area (Å²) in [5.74, 6) is -1.94. The number of carbonyl (C=O) groups excluding carboxylic acids is 2. The summed E-state index contributed by atoms with van der Waals surface area (Å²) in [6, 6.07) is 13.6. The standard InChI is InChI=1S/C22H18F2N2O4/c1-29-19-8-6-14(11-17(19)24)21(27)25-16-7-9-20(30-2)18(12-16)26-22(28)13-4-3-5-15(23)10-13/h3-12H,1-2H3,(H,25,27)(H,26,28). The summed E-state index contributed by atoms with van der Waals surface area (Å²) in [7, 11) is 2.75. The molecule has 0 radical (unpaired) electrons. The van der Waals surface area contributed by atoms with Gasteiger partial charge in [0.15, 0.2) is 11.6 Å². The van der Waals surface area contributed by atoms with Gasteiger partial charge in [0.1, 0.15) is 11.6 Å². The minimum absolute atomic E-state index is 0.0262. The van der Waals surface area contributed by atoms with Crippen molar-refractivity contribution in [2.24, 2.45) is 0 Å². The molecule has 0 saturated heterocycles. The number of anilines is 2. The number of amides is 2. The molecule has 3 aromatic carbocycles. The van der Waals surface area contributed by atoms with Crippen LogP contribution in [0.5, 0.6) is 11.5 Å². The normalized spacial score (nSPS) is 10.3. The molecular formula is C22H18F2N2O4. The van der Waals surface area contributed by atoms with Gasteiger partial charge in [0.2, 0.25) is 0 Å². The molecule has 2 N–H and O–H groups in total. The first-order valence-electron chi connectivity index (χ1n) is 8.81. The fourth-order valence-electron chi connectivity index (χ4n) is 2.72. The third-order valence-corrected chi connectivity index (χ3v) is 4.21. The van der Waals surface area contributed by atoms with Gasteiger partial charge in [-0.1, -0.05) is 6.07 Å². The lowest BCUT2D eigenvalue weighted by Crippen LogP contribution is -2.15. The van der Waals surface area contributed by atoms with E-state index in [1.54, 1.807) is 12.1 Å². The summed E-state index contributed by atoms with van der Waals surface area (Å²) in [6.07, 6.45) is 0. The smallest absolute Gasteiger partial charge is 0.255 e. The summed E-state index contributed by atoms with van der Waals surface area (Å²) < 4.78 is 37.3. The van der Waals surface area contributed by atoms with Crippen molar-refractivity contribution >= 4 is 23.2 Å². The zero-order valence-corrected chi connectivity index (χ0v) is 16.2. The van der Waals surface area contributed by atoms with Crippen LogP contribution < -0.4 is 20.1 Å². The first-order valence-corrected chi connectivity index (χ1v) is 8.81. The average Bonchev–Trinajstić information content (AvgIpc) is 2.74. The van der Waals surface area contributed by atoms with E-state index in [4.69, 9.17) is 9.47 Å². The summed E-state index contributed by atoms with van der Waals surface area (Å²) in [4.78, 5) is 24.8. The number of nitrogens with one attached hydrogen (secondary N) is 2. The van der Waals surface area contributed by atoms with Crippen molar-refractivity contribution in [1.82, 2.24) is 0 Å². The van der Waals surface area contributed by atoms with E-state index >= 15 is 0 Å². The van der Waals surface area contributed by atoms with E-state index in [0.29, 0.717) is 11.4 Å². The number of benzene rings is 3. The largest absolute Gasteiger partial charge is 0.495 e. The van der Waals surface area contributed by atoms with Gasteiger partial charge < -0.3 is 20.1 Å². The molecule has 6 nitrogen and oxygen atoms in total. The van der Waals surface area contributed by atoms with Crippen LogP contribution in [0.1, 0.15) is 20.7 Å². The molecule has 30 heavy (non-hydrogen) atoms. The highest BCUT2D eigenvalue weighted by molar-refractivity contribution is 6.07. The Morgan fingerprint density at radius 1 is 0.767 bits per heavy atom. The number of methoxy groups -OCH3 is 2. The molecule has 0 unspecified atom stereocenters.